The normalized spacial score (nSPS) is 21.3. The van der Waals surface area contributed by atoms with Gasteiger partial charge in [-0.2, -0.15) is 0 Å². The van der Waals surface area contributed by atoms with Crippen LogP contribution in [0.15, 0.2) is 24.3 Å². The lowest BCUT2D eigenvalue weighted by Crippen LogP contribution is -2.37. The number of hydrogen-bond acceptors (Lipinski definition) is 3. The van der Waals surface area contributed by atoms with Crippen molar-refractivity contribution >= 4 is 15.7 Å². The third kappa shape index (κ3) is 3.15. The molecule has 1 unspecified atom stereocenters. The first-order chi connectivity index (χ1) is 8.93. The fourth-order valence-electron chi connectivity index (χ4n) is 2.33. The Labute approximate surface area is 114 Å². The largest absolute Gasteiger partial charge is 0.338 e. The number of aryl methyl sites for hydroxylation is 1. The van der Waals surface area contributed by atoms with Crippen LogP contribution in [0, 0.1) is 0 Å². The Morgan fingerprint density at radius 2 is 1.95 bits per heavy atom. The van der Waals surface area contributed by atoms with Crippen LogP contribution >= 0.6 is 0 Å². The molecule has 0 radical (unpaired) electrons. The van der Waals surface area contributed by atoms with Crippen LogP contribution in [0.3, 0.4) is 0 Å². The molecule has 2 rings (SSSR count). The van der Waals surface area contributed by atoms with Crippen LogP contribution in [-0.2, 0) is 16.3 Å². The van der Waals surface area contributed by atoms with Gasteiger partial charge in [-0.1, -0.05) is 19.1 Å². The van der Waals surface area contributed by atoms with E-state index in [-0.39, 0.29) is 23.5 Å². The molecule has 1 aromatic carbocycles. The van der Waals surface area contributed by atoms with Crippen molar-refractivity contribution in [2.75, 3.05) is 18.6 Å². The maximum absolute atomic E-state index is 12.3. The monoisotopic (exact) mass is 281 g/mol. The number of carbonyl (C=O) groups excluding carboxylic acids is 1. The van der Waals surface area contributed by atoms with E-state index in [1.54, 1.807) is 24.1 Å². The van der Waals surface area contributed by atoms with Gasteiger partial charge in [0.2, 0.25) is 0 Å². The molecule has 1 aliphatic rings. The van der Waals surface area contributed by atoms with E-state index in [9.17, 15) is 13.2 Å². The first kappa shape index (κ1) is 14.1. The Hall–Kier alpha value is -1.36. The molecule has 0 N–H and O–H groups in total. The molecule has 104 valence electrons. The van der Waals surface area contributed by atoms with Gasteiger partial charge in [-0.05, 0) is 30.5 Å². The molecule has 0 spiro atoms. The van der Waals surface area contributed by atoms with Crippen molar-refractivity contribution in [3.63, 3.8) is 0 Å². The summed E-state index contributed by atoms with van der Waals surface area (Å²) in [4.78, 5) is 13.8. The molecule has 1 heterocycles. The molecular weight excluding hydrogens is 262 g/mol. The lowest BCUT2D eigenvalue weighted by molar-refractivity contribution is 0.0747. The molecule has 0 saturated carbocycles. The van der Waals surface area contributed by atoms with E-state index in [2.05, 4.69) is 6.92 Å². The standard InChI is InChI=1S/C14H19NO3S/c1-3-11-4-6-12(7-5-11)14(16)15(2)13-8-9-19(17,18)10-13/h4-7,13H,3,8-10H2,1-2H3. The highest BCUT2D eigenvalue weighted by atomic mass is 32.2. The SMILES string of the molecule is CCc1ccc(C(=O)N(C)C2CCS(=O)(=O)C2)cc1. The zero-order valence-electron chi connectivity index (χ0n) is 11.3. The molecule has 0 aromatic heterocycles. The minimum absolute atomic E-state index is 0.0856. The molecule has 1 aliphatic heterocycles. The molecular formula is C14H19NO3S. The van der Waals surface area contributed by atoms with Crippen LogP contribution in [0.5, 0.6) is 0 Å². The topological polar surface area (TPSA) is 54.5 Å². The van der Waals surface area contributed by atoms with Gasteiger partial charge in [-0.15, -0.1) is 0 Å². The molecule has 5 heteroatoms. The van der Waals surface area contributed by atoms with Gasteiger partial charge in [0.05, 0.1) is 11.5 Å². The van der Waals surface area contributed by atoms with Crippen molar-refractivity contribution in [1.82, 2.24) is 4.90 Å². The molecule has 1 saturated heterocycles. The van der Waals surface area contributed by atoms with Crippen molar-refractivity contribution in [3.8, 4) is 0 Å². The number of amides is 1. The number of rotatable bonds is 3. The van der Waals surface area contributed by atoms with Gasteiger partial charge in [0.25, 0.3) is 5.91 Å². The van der Waals surface area contributed by atoms with Gasteiger partial charge in [-0.3, -0.25) is 4.79 Å². The minimum atomic E-state index is -2.96. The van der Waals surface area contributed by atoms with E-state index >= 15 is 0 Å². The number of nitrogens with zero attached hydrogens (tertiary/aromatic N) is 1. The summed E-state index contributed by atoms with van der Waals surface area (Å²) in [6.07, 6.45) is 1.47. The number of hydrogen-bond donors (Lipinski definition) is 0. The van der Waals surface area contributed by atoms with E-state index in [0.717, 1.165) is 6.42 Å². The number of benzene rings is 1. The first-order valence-corrected chi connectivity index (χ1v) is 8.31. The molecule has 1 amide bonds. The van der Waals surface area contributed by atoms with Gasteiger partial charge in [0.1, 0.15) is 0 Å². The van der Waals surface area contributed by atoms with Gasteiger partial charge in [0.15, 0.2) is 9.84 Å². The van der Waals surface area contributed by atoms with Crippen LogP contribution in [0.2, 0.25) is 0 Å². The van der Waals surface area contributed by atoms with E-state index in [4.69, 9.17) is 0 Å². The summed E-state index contributed by atoms with van der Waals surface area (Å²) in [7, 11) is -1.28. The Balaban J connectivity index is 2.10. The van der Waals surface area contributed by atoms with Crippen molar-refractivity contribution in [2.24, 2.45) is 0 Å². The first-order valence-electron chi connectivity index (χ1n) is 6.49. The summed E-state index contributed by atoms with van der Waals surface area (Å²) in [5, 5.41) is 0. The number of carbonyl (C=O) groups is 1. The molecule has 4 nitrogen and oxygen atoms in total. The second kappa shape index (κ2) is 5.33. The van der Waals surface area contributed by atoms with Gasteiger partial charge < -0.3 is 4.90 Å². The molecule has 0 bridgehead atoms. The minimum Gasteiger partial charge on any atom is -0.338 e. The highest BCUT2D eigenvalue weighted by molar-refractivity contribution is 7.91. The molecule has 1 aromatic rings. The molecule has 19 heavy (non-hydrogen) atoms. The lowest BCUT2D eigenvalue weighted by Gasteiger charge is -2.23. The zero-order valence-corrected chi connectivity index (χ0v) is 12.1. The predicted octanol–water partition coefficient (Wildman–Crippen LogP) is 1.51. The van der Waals surface area contributed by atoms with Gasteiger partial charge in [-0.25, -0.2) is 8.42 Å². The van der Waals surface area contributed by atoms with E-state index < -0.39 is 9.84 Å². The average molecular weight is 281 g/mol. The van der Waals surface area contributed by atoms with Crippen molar-refractivity contribution in [1.29, 1.82) is 0 Å². The summed E-state index contributed by atoms with van der Waals surface area (Å²) < 4.78 is 22.9. The second-order valence-corrected chi connectivity index (χ2v) is 7.25. The summed E-state index contributed by atoms with van der Waals surface area (Å²) in [6, 6.07) is 7.30. The summed E-state index contributed by atoms with van der Waals surface area (Å²) in [6.45, 7) is 2.06. The smallest absolute Gasteiger partial charge is 0.253 e. The lowest BCUT2D eigenvalue weighted by atomic mass is 10.1. The third-order valence-electron chi connectivity index (χ3n) is 3.69. The van der Waals surface area contributed by atoms with Crippen molar-refractivity contribution in [2.45, 2.75) is 25.8 Å². The fourth-order valence-corrected chi connectivity index (χ4v) is 4.11. The highest BCUT2D eigenvalue weighted by Crippen LogP contribution is 2.18. The van der Waals surface area contributed by atoms with Crippen LogP contribution in [-0.4, -0.2) is 43.8 Å². The van der Waals surface area contributed by atoms with Crippen LogP contribution in [0.25, 0.3) is 0 Å². The molecule has 1 atom stereocenters. The van der Waals surface area contributed by atoms with Crippen molar-refractivity contribution < 1.29 is 13.2 Å². The van der Waals surface area contributed by atoms with Crippen LogP contribution in [0.1, 0.15) is 29.3 Å². The predicted molar refractivity (Wildman–Crippen MR) is 75.0 cm³/mol. The highest BCUT2D eigenvalue weighted by Gasteiger charge is 2.32. The Morgan fingerprint density at radius 1 is 1.32 bits per heavy atom. The van der Waals surface area contributed by atoms with Crippen LogP contribution in [0.4, 0.5) is 0 Å². The van der Waals surface area contributed by atoms with Gasteiger partial charge in [0, 0.05) is 18.7 Å². The van der Waals surface area contributed by atoms with Crippen LogP contribution < -0.4 is 0 Å². The number of sulfone groups is 1. The summed E-state index contributed by atoms with van der Waals surface area (Å²) >= 11 is 0. The zero-order chi connectivity index (χ0) is 14.0. The third-order valence-corrected chi connectivity index (χ3v) is 5.44. The second-order valence-electron chi connectivity index (χ2n) is 5.02. The summed E-state index contributed by atoms with van der Waals surface area (Å²) in [5.41, 5.74) is 1.80. The van der Waals surface area contributed by atoms with E-state index in [1.165, 1.54) is 5.56 Å². The quantitative estimate of drug-likeness (QED) is 0.844. The molecule has 1 fully saturated rings. The molecule has 0 aliphatic carbocycles. The summed E-state index contributed by atoms with van der Waals surface area (Å²) in [5.74, 6) is 0.163. The fraction of sp³-hybridized carbons (Fsp3) is 0.500. The Kier molecular flexibility index (Phi) is 3.94. The Bertz CT molecular complexity index is 563. The van der Waals surface area contributed by atoms with E-state index in [0.29, 0.717) is 12.0 Å². The van der Waals surface area contributed by atoms with Gasteiger partial charge >= 0.3 is 0 Å². The van der Waals surface area contributed by atoms with Crippen molar-refractivity contribution in [3.05, 3.63) is 35.4 Å². The Morgan fingerprint density at radius 3 is 2.42 bits per heavy atom. The average Bonchev–Trinajstić information content (AvgIpc) is 2.77. The van der Waals surface area contributed by atoms with E-state index in [1.807, 2.05) is 12.1 Å². The maximum atomic E-state index is 12.3. The maximum Gasteiger partial charge on any atom is 0.253 e.